The maximum atomic E-state index is 6.02. The van der Waals surface area contributed by atoms with Gasteiger partial charge in [-0.05, 0) is 61.5 Å². The molecule has 0 N–H and O–H groups in total. The highest BCUT2D eigenvalue weighted by atomic mass is 35.5. The van der Waals surface area contributed by atoms with Gasteiger partial charge in [0.2, 0.25) is 5.28 Å². The molecule has 0 aliphatic rings. The molecule has 6 heteroatoms. The van der Waals surface area contributed by atoms with E-state index in [1.54, 1.807) is 0 Å². The van der Waals surface area contributed by atoms with E-state index in [0.29, 0.717) is 11.5 Å². The molecule has 0 fully saturated rings. The monoisotopic (exact) mass is 355 g/mol. The van der Waals surface area contributed by atoms with Crippen LogP contribution in [-0.2, 0) is 0 Å². The van der Waals surface area contributed by atoms with Crippen molar-refractivity contribution in [3.63, 3.8) is 0 Å². The molecule has 0 atom stereocenters. The number of rotatable bonds is 4. The van der Waals surface area contributed by atoms with Gasteiger partial charge >= 0.3 is 12.0 Å². The summed E-state index contributed by atoms with van der Waals surface area (Å²) in [6.45, 7) is 7.83. The largest absolute Gasteiger partial charge is 0.424 e. The van der Waals surface area contributed by atoms with Crippen LogP contribution in [0.3, 0.4) is 0 Å². The van der Waals surface area contributed by atoms with Gasteiger partial charge in [-0.15, -0.1) is 4.98 Å². The molecule has 3 aromatic rings. The van der Waals surface area contributed by atoms with Crippen LogP contribution in [0.25, 0.3) is 0 Å². The maximum Gasteiger partial charge on any atom is 0.329 e. The highest BCUT2D eigenvalue weighted by Gasteiger charge is 2.13. The molecule has 0 spiro atoms. The van der Waals surface area contributed by atoms with E-state index >= 15 is 0 Å². The molecular formula is C19H18ClN3O2. The van der Waals surface area contributed by atoms with Crippen molar-refractivity contribution >= 4 is 11.6 Å². The van der Waals surface area contributed by atoms with Gasteiger partial charge in [0, 0.05) is 0 Å². The van der Waals surface area contributed by atoms with Gasteiger partial charge in [0.05, 0.1) is 0 Å². The van der Waals surface area contributed by atoms with E-state index in [9.17, 15) is 0 Å². The molecule has 0 amide bonds. The first-order valence-corrected chi connectivity index (χ1v) is 8.21. The van der Waals surface area contributed by atoms with Gasteiger partial charge in [-0.1, -0.05) is 36.4 Å². The van der Waals surface area contributed by atoms with Crippen molar-refractivity contribution in [3.8, 4) is 23.5 Å². The molecule has 1 aromatic heterocycles. The number of halogens is 1. The third-order valence-electron chi connectivity index (χ3n) is 3.77. The molecule has 5 nitrogen and oxygen atoms in total. The lowest BCUT2D eigenvalue weighted by atomic mass is 10.1. The lowest BCUT2D eigenvalue weighted by Gasteiger charge is -2.12. The molecule has 0 unspecified atom stereocenters. The Bertz CT molecular complexity index is 816. The molecule has 128 valence electrons. The maximum absolute atomic E-state index is 6.02. The van der Waals surface area contributed by atoms with E-state index in [1.165, 1.54) is 0 Å². The SMILES string of the molecule is Cc1cccc(C)c1Oc1nc(Cl)nc(Oc2c(C)cccc2C)n1. The van der Waals surface area contributed by atoms with Gasteiger partial charge in [0.25, 0.3) is 0 Å². The van der Waals surface area contributed by atoms with Crippen molar-refractivity contribution < 1.29 is 9.47 Å². The van der Waals surface area contributed by atoms with Crippen molar-refractivity contribution in [2.45, 2.75) is 27.7 Å². The summed E-state index contributed by atoms with van der Waals surface area (Å²) in [5, 5.41) is 0.0116. The van der Waals surface area contributed by atoms with Crippen LogP contribution >= 0.6 is 11.6 Å². The van der Waals surface area contributed by atoms with Crippen LogP contribution in [0.4, 0.5) is 0 Å². The van der Waals surface area contributed by atoms with Gasteiger partial charge in [-0.25, -0.2) is 0 Å². The first kappa shape index (κ1) is 17.2. The number of para-hydroxylation sites is 2. The minimum Gasteiger partial charge on any atom is -0.424 e. The summed E-state index contributed by atoms with van der Waals surface area (Å²) >= 11 is 6.02. The van der Waals surface area contributed by atoms with Crippen molar-refractivity contribution in [1.29, 1.82) is 0 Å². The number of hydrogen-bond donors (Lipinski definition) is 0. The number of benzene rings is 2. The average molecular weight is 356 g/mol. The van der Waals surface area contributed by atoms with E-state index in [-0.39, 0.29) is 17.3 Å². The first-order valence-electron chi connectivity index (χ1n) is 7.84. The second-order valence-corrected chi connectivity index (χ2v) is 6.15. The highest BCUT2D eigenvalue weighted by molar-refractivity contribution is 6.28. The normalized spacial score (nSPS) is 10.6. The molecule has 3 rings (SSSR count). The third kappa shape index (κ3) is 3.88. The second kappa shape index (κ2) is 7.07. The summed E-state index contributed by atoms with van der Waals surface area (Å²) < 4.78 is 11.7. The van der Waals surface area contributed by atoms with Gasteiger partial charge in [-0.3, -0.25) is 0 Å². The van der Waals surface area contributed by atoms with Gasteiger partial charge in [-0.2, -0.15) is 9.97 Å². The molecule has 0 saturated carbocycles. The summed E-state index contributed by atoms with van der Waals surface area (Å²) in [6, 6.07) is 12.0. The number of nitrogens with zero attached hydrogens (tertiary/aromatic N) is 3. The van der Waals surface area contributed by atoms with Crippen molar-refractivity contribution in [1.82, 2.24) is 15.0 Å². The second-order valence-electron chi connectivity index (χ2n) is 5.82. The average Bonchev–Trinajstić information content (AvgIpc) is 2.54. The molecule has 25 heavy (non-hydrogen) atoms. The predicted molar refractivity (Wildman–Crippen MR) is 96.8 cm³/mol. The Morgan fingerprint density at radius 1 is 0.640 bits per heavy atom. The third-order valence-corrected chi connectivity index (χ3v) is 3.94. The fraction of sp³-hybridized carbons (Fsp3) is 0.211. The van der Waals surface area contributed by atoms with Crippen LogP contribution in [0, 0.1) is 27.7 Å². The minimum absolute atomic E-state index is 0.0116. The smallest absolute Gasteiger partial charge is 0.329 e. The Morgan fingerprint density at radius 2 is 1.00 bits per heavy atom. The lowest BCUT2D eigenvalue weighted by molar-refractivity contribution is 0.392. The molecule has 1 heterocycles. The quantitative estimate of drug-likeness (QED) is 0.632. The molecular weight excluding hydrogens is 338 g/mol. The summed E-state index contributed by atoms with van der Waals surface area (Å²) in [6.07, 6.45) is 0. The van der Waals surface area contributed by atoms with Crippen LogP contribution in [0.15, 0.2) is 36.4 Å². The zero-order valence-corrected chi connectivity index (χ0v) is 15.3. The van der Waals surface area contributed by atoms with Gasteiger partial charge in [0.1, 0.15) is 11.5 Å². The topological polar surface area (TPSA) is 57.1 Å². The van der Waals surface area contributed by atoms with Crippen LogP contribution in [0.1, 0.15) is 22.3 Å². The zero-order valence-electron chi connectivity index (χ0n) is 14.5. The van der Waals surface area contributed by atoms with Gasteiger partial charge < -0.3 is 9.47 Å². The Balaban J connectivity index is 1.93. The van der Waals surface area contributed by atoms with E-state index in [4.69, 9.17) is 21.1 Å². The number of aryl methyl sites for hydroxylation is 4. The van der Waals surface area contributed by atoms with E-state index in [2.05, 4.69) is 15.0 Å². The number of ether oxygens (including phenoxy) is 2. The molecule has 0 aliphatic heterocycles. The fourth-order valence-corrected chi connectivity index (χ4v) is 2.65. The molecule has 2 aromatic carbocycles. The van der Waals surface area contributed by atoms with Crippen LogP contribution in [0.2, 0.25) is 5.28 Å². The lowest BCUT2D eigenvalue weighted by Crippen LogP contribution is -2.01. The molecule has 0 radical (unpaired) electrons. The van der Waals surface area contributed by atoms with Crippen molar-refractivity contribution in [2.75, 3.05) is 0 Å². The van der Waals surface area contributed by atoms with Crippen LogP contribution < -0.4 is 9.47 Å². The standard InChI is InChI=1S/C19H18ClN3O2/c1-11-7-5-8-12(2)15(11)24-18-21-17(20)22-19(23-18)25-16-13(3)9-6-10-14(16)4/h5-10H,1-4H3. The number of aromatic nitrogens is 3. The molecule has 0 aliphatic carbocycles. The first-order chi connectivity index (χ1) is 11.9. The summed E-state index contributed by atoms with van der Waals surface area (Å²) in [7, 11) is 0. The van der Waals surface area contributed by atoms with Crippen LogP contribution in [-0.4, -0.2) is 15.0 Å². The molecule has 0 saturated heterocycles. The van der Waals surface area contributed by atoms with E-state index in [0.717, 1.165) is 22.3 Å². The number of hydrogen-bond acceptors (Lipinski definition) is 5. The van der Waals surface area contributed by atoms with Crippen molar-refractivity contribution in [3.05, 3.63) is 63.9 Å². The Hall–Kier alpha value is -2.66. The van der Waals surface area contributed by atoms with E-state index < -0.39 is 0 Å². The Kier molecular flexibility index (Phi) is 4.86. The highest BCUT2D eigenvalue weighted by Crippen LogP contribution is 2.30. The minimum atomic E-state index is 0.0116. The predicted octanol–water partition coefficient (Wildman–Crippen LogP) is 5.34. The Labute approximate surface area is 151 Å². The summed E-state index contributed by atoms with van der Waals surface area (Å²) in [5.74, 6) is 1.39. The molecule has 0 bridgehead atoms. The Morgan fingerprint density at radius 3 is 1.36 bits per heavy atom. The zero-order chi connectivity index (χ0) is 18.0. The van der Waals surface area contributed by atoms with Crippen LogP contribution in [0.5, 0.6) is 23.5 Å². The van der Waals surface area contributed by atoms with Crippen molar-refractivity contribution in [2.24, 2.45) is 0 Å². The summed E-state index contributed by atoms with van der Waals surface area (Å²) in [5.41, 5.74) is 3.92. The van der Waals surface area contributed by atoms with Gasteiger partial charge in [0.15, 0.2) is 0 Å². The fourth-order valence-electron chi connectivity index (χ4n) is 2.51. The van der Waals surface area contributed by atoms with E-state index in [1.807, 2.05) is 64.1 Å². The summed E-state index contributed by atoms with van der Waals surface area (Å²) in [4.78, 5) is 12.3.